The Bertz CT molecular complexity index is 831. The summed E-state index contributed by atoms with van der Waals surface area (Å²) in [6.07, 6.45) is 15.6. The van der Waals surface area contributed by atoms with Gasteiger partial charge < -0.3 is 0 Å². The second-order valence-electron chi connectivity index (χ2n) is 14.9. The van der Waals surface area contributed by atoms with Gasteiger partial charge in [-0.2, -0.15) is 0 Å². The van der Waals surface area contributed by atoms with Gasteiger partial charge >= 0.3 is 0 Å². The van der Waals surface area contributed by atoms with Gasteiger partial charge in [0.15, 0.2) is 0 Å². The molecule has 174 valence electrons. The molecule has 1 heteroatoms. The zero-order valence-electron chi connectivity index (χ0n) is 21.8. The van der Waals surface area contributed by atoms with E-state index in [9.17, 15) is 4.79 Å². The molecule has 0 aliphatic heterocycles. The molecule has 0 heterocycles. The number of carbonyl (C=O) groups excluding carboxylic acids is 1. The summed E-state index contributed by atoms with van der Waals surface area (Å²) in [5, 5.41) is 0. The van der Waals surface area contributed by atoms with Crippen LogP contribution in [0.2, 0.25) is 0 Å². The summed E-state index contributed by atoms with van der Waals surface area (Å²) in [4.78, 5) is 12.9. The van der Waals surface area contributed by atoms with Crippen LogP contribution in [0.3, 0.4) is 0 Å². The maximum absolute atomic E-state index is 12.9. The first-order valence-corrected chi connectivity index (χ1v) is 13.5. The third-order valence-corrected chi connectivity index (χ3v) is 12.7. The fraction of sp³-hybridized carbons (Fsp3) is 0.900. The molecule has 0 bridgehead atoms. The van der Waals surface area contributed by atoms with Crippen molar-refractivity contribution in [2.24, 2.45) is 50.2 Å². The Labute approximate surface area is 192 Å². The van der Waals surface area contributed by atoms with Gasteiger partial charge in [-0.15, -0.1) is 0 Å². The summed E-state index contributed by atoms with van der Waals surface area (Å²) in [7, 11) is 0. The van der Waals surface area contributed by atoms with Crippen LogP contribution in [-0.2, 0) is 4.79 Å². The van der Waals surface area contributed by atoms with E-state index in [4.69, 9.17) is 0 Å². The summed E-state index contributed by atoms with van der Waals surface area (Å²) in [6.45, 7) is 20.1. The van der Waals surface area contributed by atoms with Crippen molar-refractivity contribution in [2.75, 3.05) is 0 Å². The van der Waals surface area contributed by atoms with E-state index in [1.807, 2.05) is 5.57 Å². The van der Waals surface area contributed by atoms with Crippen LogP contribution in [0.5, 0.6) is 0 Å². The summed E-state index contributed by atoms with van der Waals surface area (Å²) in [5.74, 6) is 2.64. The van der Waals surface area contributed by atoms with Crippen LogP contribution in [0.15, 0.2) is 11.6 Å². The summed E-state index contributed by atoms with van der Waals surface area (Å²) in [6, 6.07) is 0. The molecular formula is C30H48O. The van der Waals surface area contributed by atoms with Crippen molar-refractivity contribution in [3.63, 3.8) is 0 Å². The standard InChI is InChI=1S/C30H48O/c1-25(2)15-16-27(5)17-18-29(7)20(21(27)19-25)9-10-23-28(6)13-12-24(31)26(3,4)22(28)11-14-30(23,29)8/h19-20,22-23H,9-18H2,1-8H3/t20-,22+,23?,27-,28+,29-,30-/m1/s1. The van der Waals surface area contributed by atoms with Crippen LogP contribution in [0.25, 0.3) is 0 Å². The molecule has 4 fully saturated rings. The molecule has 5 rings (SSSR count). The van der Waals surface area contributed by atoms with Crippen molar-refractivity contribution >= 4 is 5.78 Å². The van der Waals surface area contributed by atoms with Crippen molar-refractivity contribution in [2.45, 2.75) is 120 Å². The van der Waals surface area contributed by atoms with Crippen LogP contribution in [0.4, 0.5) is 0 Å². The number of ketones is 1. The predicted molar refractivity (Wildman–Crippen MR) is 130 cm³/mol. The Morgan fingerprint density at radius 1 is 0.710 bits per heavy atom. The lowest BCUT2D eigenvalue weighted by Gasteiger charge is -2.72. The smallest absolute Gasteiger partial charge is 0.138 e. The molecule has 0 N–H and O–H groups in total. The third-order valence-electron chi connectivity index (χ3n) is 12.7. The van der Waals surface area contributed by atoms with Crippen LogP contribution in [0, 0.1) is 50.2 Å². The van der Waals surface area contributed by atoms with Crippen molar-refractivity contribution in [1.82, 2.24) is 0 Å². The quantitative estimate of drug-likeness (QED) is 0.357. The summed E-state index contributed by atoms with van der Waals surface area (Å²) >= 11 is 0. The Balaban J connectivity index is 1.57. The number of fused-ring (bicyclic) bond motifs is 7. The topological polar surface area (TPSA) is 17.1 Å². The van der Waals surface area contributed by atoms with Gasteiger partial charge in [0, 0.05) is 11.8 Å². The van der Waals surface area contributed by atoms with E-state index >= 15 is 0 Å². The molecule has 1 unspecified atom stereocenters. The van der Waals surface area contributed by atoms with Crippen molar-refractivity contribution < 1.29 is 4.79 Å². The SMILES string of the molecule is CC1(C)C=C2[C@H]3CCC4[C@@]5(C)CCC(=O)C(C)(C)[C@@H]5CC[C@@]4(C)[C@]3(C)CC[C@@]2(C)CC1. The van der Waals surface area contributed by atoms with E-state index < -0.39 is 0 Å². The Hall–Kier alpha value is -0.590. The first-order chi connectivity index (χ1) is 14.2. The largest absolute Gasteiger partial charge is 0.299 e. The lowest BCUT2D eigenvalue weighted by Crippen LogP contribution is -2.65. The number of rotatable bonds is 0. The number of hydrogen-bond donors (Lipinski definition) is 0. The zero-order valence-corrected chi connectivity index (χ0v) is 21.8. The summed E-state index contributed by atoms with van der Waals surface area (Å²) in [5.41, 5.74) is 3.68. The van der Waals surface area contributed by atoms with Gasteiger partial charge in [-0.05, 0) is 103 Å². The third kappa shape index (κ3) is 2.70. The van der Waals surface area contributed by atoms with Gasteiger partial charge in [-0.1, -0.05) is 67.0 Å². The van der Waals surface area contributed by atoms with E-state index in [2.05, 4.69) is 61.5 Å². The van der Waals surface area contributed by atoms with Gasteiger partial charge in [0.05, 0.1) is 0 Å². The summed E-state index contributed by atoms with van der Waals surface area (Å²) < 4.78 is 0. The molecule has 0 saturated heterocycles. The molecular weight excluding hydrogens is 376 g/mol. The van der Waals surface area contributed by atoms with Crippen LogP contribution in [0.1, 0.15) is 120 Å². The lowest BCUT2D eigenvalue weighted by molar-refractivity contribution is -0.211. The Morgan fingerprint density at radius 2 is 1.39 bits per heavy atom. The molecule has 0 radical (unpaired) electrons. The highest BCUT2D eigenvalue weighted by Gasteiger charge is 2.68. The Morgan fingerprint density at radius 3 is 2.10 bits per heavy atom. The maximum atomic E-state index is 12.9. The molecule has 0 aromatic rings. The zero-order chi connectivity index (χ0) is 22.7. The van der Waals surface area contributed by atoms with Gasteiger partial charge in [-0.25, -0.2) is 0 Å². The number of carbonyl (C=O) groups is 1. The molecule has 31 heavy (non-hydrogen) atoms. The van der Waals surface area contributed by atoms with Crippen LogP contribution in [-0.4, -0.2) is 5.78 Å². The lowest BCUT2D eigenvalue weighted by atomic mass is 9.32. The normalized spacial score (nSPS) is 52.8. The molecule has 0 spiro atoms. The molecule has 0 aromatic heterocycles. The highest BCUT2D eigenvalue weighted by molar-refractivity contribution is 5.85. The van der Waals surface area contributed by atoms with E-state index in [1.54, 1.807) is 0 Å². The first-order valence-electron chi connectivity index (χ1n) is 13.5. The van der Waals surface area contributed by atoms with Crippen LogP contribution < -0.4 is 0 Å². The van der Waals surface area contributed by atoms with E-state index in [0.717, 1.165) is 24.7 Å². The Kier molecular flexibility index (Phi) is 4.51. The number of allylic oxidation sites excluding steroid dienone is 2. The van der Waals surface area contributed by atoms with E-state index in [1.165, 1.54) is 51.4 Å². The van der Waals surface area contributed by atoms with Gasteiger partial charge in [0.2, 0.25) is 0 Å². The molecule has 5 aliphatic carbocycles. The molecule has 7 atom stereocenters. The van der Waals surface area contributed by atoms with E-state index in [0.29, 0.717) is 38.8 Å². The van der Waals surface area contributed by atoms with E-state index in [-0.39, 0.29) is 5.41 Å². The van der Waals surface area contributed by atoms with Crippen molar-refractivity contribution in [3.05, 3.63) is 11.6 Å². The highest BCUT2D eigenvalue weighted by Crippen LogP contribution is 2.76. The second-order valence-corrected chi connectivity index (χ2v) is 14.9. The minimum atomic E-state index is -0.132. The second kappa shape index (κ2) is 6.29. The fourth-order valence-electron chi connectivity index (χ4n) is 10.4. The van der Waals surface area contributed by atoms with Crippen LogP contribution >= 0.6 is 0 Å². The van der Waals surface area contributed by atoms with Crippen molar-refractivity contribution in [1.29, 1.82) is 0 Å². The average molecular weight is 425 g/mol. The first kappa shape index (κ1) is 22.2. The number of hydrogen-bond acceptors (Lipinski definition) is 1. The maximum Gasteiger partial charge on any atom is 0.138 e. The predicted octanol–water partition coefficient (Wildman–Crippen LogP) is 8.38. The fourth-order valence-corrected chi connectivity index (χ4v) is 10.4. The molecule has 5 aliphatic rings. The highest BCUT2D eigenvalue weighted by atomic mass is 16.1. The molecule has 0 aromatic carbocycles. The van der Waals surface area contributed by atoms with Crippen molar-refractivity contribution in [3.8, 4) is 0 Å². The minimum absolute atomic E-state index is 0.132. The molecule has 4 saturated carbocycles. The minimum Gasteiger partial charge on any atom is -0.299 e. The monoisotopic (exact) mass is 424 g/mol. The molecule has 0 amide bonds. The molecule has 1 nitrogen and oxygen atoms in total. The number of Topliss-reactive ketones (excluding diaryl/α,β-unsaturated/α-hetero) is 1. The van der Waals surface area contributed by atoms with Gasteiger partial charge in [0.25, 0.3) is 0 Å². The van der Waals surface area contributed by atoms with Gasteiger partial charge in [-0.3, -0.25) is 4.79 Å². The van der Waals surface area contributed by atoms with Gasteiger partial charge in [0.1, 0.15) is 5.78 Å². The average Bonchev–Trinajstić information content (AvgIpc) is 2.67.